The number of anilines is 1. The number of hydrogen-bond donors (Lipinski definition) is 2. The van der Waals surface area contributed by atoms with Crippen molar-refractivity contribution >= 4 is 33.7 Å². The third-order valence-corrected chi connectivity index (χ3v) is 2.56. The zero-order chi connectivity index (χ0) is 14.6. The maximum Gasteiger partial charge on any atom is 0.413 e. The molecule has 2 amide bonds. The van der Waals surface area contributed by atoms with E-state index in [9.17, 15) is 9.59 Å². The molecule has 0 aliphatic heterocycles. The summed E-state index contributed by atoms with van der Waals surface area (Å²) in [5.41, 5.74) is -0.403. The van der Waals surface area contributed by atoms with E-state index in [4.69, 9.17) is 4.74 Å². The third-order valence-electron chi connectivity index (χ3n) is 1.92. The van der Waals surface area contributed by atoms with Crippen LogP contribution in [0.2, 0.25) is 0 Å². The van der Waals surface area contributed by atoms with Crippen LogP contribution in [-0.2, 0) is 4.74 Å². The molecule has 0 atom stereocenters. The van der Waals surface area contributed by atoms with Crippen LogP contribution in [-0.4, -0.2) is 29.6 Å². The van der Waals surface area contributed by atoms with Gasteiger partial charge in [0.05, 0.1) is 0 Å². The lowest BCUT2D eigenvalue weighted by atomic mass is 10.2. The summed E-state index contributed by atoms with van der Waals surface area (Å²) in [6, 6.07) is 3.20. The molecule has 0 saturated heterocycles. The Kier molecular flexibility index (Phi) is 4.88. The molecule has 0 radical (unpaired) electrons. The highest BCUT2D eigenvalue weighted by Crippen LogP contribution is 2.18. The van der Waals surface area contributed by atoms with E-state index in [0.717, 1.165) is 0 Å². The van der Waals surface area contributed by atoms with Crippen LogP contribution in [0.25, 0.3) is 0 Å². The molecule has 0 spiro atoms. The number of aromatic nitrogens is 1. The molecule has 0 saturated carbocycles. The molecule has 0 fully saturated rings. The van der Waals surface area contributed by atoms with Crippen molar-refractivity contribution in [3.63, 3.8) is 0 Å². The van der Waals surface area contributed by atoms with E-state index in [1.807, 2.05) is 0 Å². The average Bonchev–Trinajstić information content (AvgIpc) is 2.28. The first-order valence-electron chi connectivity index (χ1n) is 5.61. The Bertz CT molecular complexity index is 497. The molecule has 1 heterocycles. The Hall–Kier alpha value is -1.63. The van der Waals surface area contributed by atoms with E-state index in [-0.39, 0.29) is 17.4 Å². The van der Waals surface area contributed by atoms with E-state index in [2.05, 4.69) is 31.5 Å². The van der Waals surface area contributed by atoms with Gasteiger partial charge in [0.1, 0.15) is 17.1 Å². The molecule has 7 heteroatoms. The summed E-state index contributed by atoms with van der Waals surface area (Å²) in [5.74, 6) is -0.101. The van der Waals surface area contributed by atoms with Crippen LogP contribution in [0.1, 0.15) is 31.3 Å². The number of nitrogens with zero attached hydrogens (tertiary/aromatic N) is 1. The zero-order valence-electron chi connectivity index (χ0n) is 11.2. The molecule has 6 nitrogen and oxygen atoms in total. The second-order valence-corrected chi connectivity index (χ2v) is 5.59. The van der Waals surface area contributed by atoms with Gasteiger partial charge < -0.3 is 10.1 Å². The molecule has 1 rings (SSSR count). The fraction of sp³-hybridized carbons (Fsp3) is 0.417. The summed E-state index contributed by atoms with van der Waals surface area (Å²) in [6.07, 6.45) is -0.620. The molecule has 1 aromatic rings. The molecular formula is C12H16BrN3O3. The Morgan fingerprint density at radius 2 is 1.95 bits per heavy atom. The molecule has 0 bridgehead atoms. The number of halogens is 1. The minimum atomic E-state index is -0.620. The molecule has 2 N–H and O–H groups in total. The fourth-order valence-corrected chi connectivity index (χ4v) is 1.60. The van der Waals surface area contributed by atoms with Crippen molar-refractivity contribution in [1.82, 2.24) is 10.3 Å². The Labute approximate surface area is 120 Å². The molecule has 19 heavy (non-hydrogen) atoms. The van der Waals surface area contributed by atoms with Gasteiger partial charge in [-0.3, -0.25) is 10.1 Å². The van der Waals surface area contributed by atoms with Crippen molar-refractivity contribution in [1.29, 1.82) is 0 Å². The van der Waals surface area contributed by atoms with Gasteiger partial charge in [0.15, 0.2) is 0 Å². The van der Waals surface area contributed by atoms with E-state index in [1.165, 1.54) is 7.05 Å². The second-order valence-electron chi connectivity index (χ2n) is 4.73. The lowest BCUT2D eigenvalue weighted by molar-refractivity contribution is 0.0634. The Morgan fingerprint density at radius 1 is 1.32 bits per heavy atom. The van der Waals surface area contributed by atoms with Gasteiger partial charge >= 0.3 is 6.09 Å². The number of amides is 2. The van der Waals surface area contributed by atoms with Crippen LogP contribution in [0, 0.1) is 0 Å². The van der Waals surface area contributed by atoms with Crippen LogP contribution in [0.3, 0.4) is 0 Å². The molecule has 104 valence electrons. The topological polar surface area (TPSA) is 80.3 Å². The molecule has 0 aromatic carbocycles. The van der Waals surface area contributed by atoms with Crippen molar-refractivity contribution in [2.75, 3.05) is 12.4 Å². The number of pyridine rings is 1. The maximum atomic E-state index is 11.6. The first-order valence-corrected chi connectivity index (χ1v) is 6.41. The monoisotopic (exact) mass is 329 g/mol. The predicted octanol–water partition coefficient (Wildman–Crippen LogP) is 2.55. The van der Waals surface area contributed by atoms with Gasteiger partial charge in [0.25, 0.3) is 5.91 Å². The minimum Gasteiger partial charge on any atom is -0.444 e. The van der Waals surface area contributed by atoms with Gasteiger partial charge in [0, 0.05) is 11.5 Å². The van der Waals surface area contributed by atoms with Gasteiger partial charge in [-0.25, -0.2) is 9.78 Å². The molecule has 0 unspecified atom stereocenters. The average molecular weight is 330 g/mol. The molecular weight excluding hydrogens is 314 g/mol. The van der Waals surface area contributed by atoms with E-state index >= 15 is 0 Å². The standard InChI is InChI=1S/C12H16BrN3O3/c1-12(2,3)19-11(18)16-8-6-5-7(13)9(15-8)10(17)14-4/h5-6H,1-4H3,(H,14,17)(H,15,16,18). The first-order chi connectivity index (χ1) is 8.73. The van der Waals surface area contributed by atoms with Crippen molar-refractivity contribution < 1.29 is 14.3 Å². The number of rotatable bonds is 2. The van der Waals surface area contributed by atoms with Gasteiger partial charge in [-0.05, 0) is 48.8 Å². The highest BCUT2D eigenvalue weighted by molar-refractivity contribution is 9.10. The highest BCUT2D eigenvalue weighted by Gasteiger charge is 2.17. The zero-order valence-corrected chi connectivity index (χ0v) is 12.8. The SMILES string of the molecule is CNC(=O)c1nc(NC(=O)OC(C)(C)C)ccc1Br. The van der Waals surface area contributed by atoms with Crippen LogP contribution in [0.15, 0.2) is 16.6 Å². The summed E-state index contributed by atoms with van der Waals surface area (Å²) in [6.45, 7) is 5.28. The number of nitrogens with one attached hydrogen (secondary N) is 2. The molecule has 0 aliphatic carbocycles. The summed E-state index contributed by atoms with van der Waals surface area (Å²) in [5, 5.41) is 4.94. The van der Waals surface area contributed by atoms with E-state index in [1.54, 1.807) is 32.9 Å². The van der Waals surface area contributed by atoms with Crippen molar-refractivity contribution in [3.05, 3.63) is 22.3 Å². The van der Waals surface area contributed by atoms with E-state index in [0.29, 0.717) is 4.47 Å². The smallest absolute Gasteiger partial charge is 0.413 e. The number of hydrogen-bond acceptors (Lipinski definition) is 4. The summed E-state index contributed by atoms with van der Waals surface area (Å²) >= 11 is 3.22. The normalized spacial score (nSPS) is 10.8. The quantitative estimate of drug-likeness (QED) is 0.873. The Balaban J connectivity index is 2.86. The lowest BCUT2D eigenvalue weighted by Gasteiger charge is -2.19. The van der Waals surface area contributed by atoms with Crippen LogP contribution in [0.5, 0.6) is 0 Å². The summed E-state index contributed by atoms with van der Waals surface area (Å²) in [7, 11) is 1.50. The number of carbonyl (C=O) groups is 2. The fourth-order valence-electron chi connectivity index (χ4n) is 1.20. The lowest BCUT2D eigenvalue weighted by Crippen LogP contribution is -2.28. The molecule has 0 aliphatic rings. The largest absolute Gasteiger partial charge is 0.444 e. The van der Waals surface area contributed by atoms with Crippen molar-refractivity contribution in [2.45, 2.75) is 26.4 Å². The summed E-state index contributed by atoms with van der Waals surface area (Å²) < 4.78 is 5.64. The van der Waals surface area contributed by atoms with Crippen LogP contribution in [0.4, 0.5) is 10.6 Å². The van der Waals surface area contributed by atoms with E-state index < -0.39 is 11.7 Å². The number of ether oxygens (including phenoxy) is 1. The third kappa shape index (κ3) is 4.86. The van der Waals surface area contributed by atoms with Gasteiger partial charge in [-0.2, -0.15) is 0 Å². The second kappa shape index (κ2) is 6.01. The van der Waals surface area contributed by atoms with Gasteiger partial charge in [-0.1, -0.05) is 0 Å². The van der Waals surface area contributed by atoms with Crippen LogP contribution >= 0.6 is 15.9 Å². The van der Waals surface area contributed by atoms with Crippen molar-refractivity contribution in [2.24, 2.45) is 0 Å². The molecule has 1 aromatic heterocycles. The maximum absolute atomic E-state index is 11.6. The summed E-state index contributed by atoms with van der Waals surface area (Å²) in [4.78, 5) is 27.2. The first kappa shape index (κ1) is 15.4. The highest BCUT2D eigenvalue weighted by atomic mass is 79.9. The van der Waals surface area contributed by atoms with Crippen LogP contribution < -0.4 is 10.6 Å². The van der Waals surface area contributed by atoms with Gasteiger partial charge in [-0.15, -0.1) is 0 Å². The number of carbonyl (C=O) groups excluding carboxylic acids is 2. The van der Waals surface area contributed by atoms with Gasteiger partial charge in [0.2, 0.25) is 0 Å². The Morgan fingerprint density at radius 3 is 2.47 bits per heavy atom. The predicted molar refractivity (Wildman–Crippen MR) is 75.2 cm³/mol. The minimum absolute atomic E-state index is 0.191. The van der Waals surface area contributed by atoms with Crippen molar-refractivity contribution in [3.8, 4) is 0 Å².